The zero-order valence-corrected chi connectivity index (χ0v) is 15.1. The molecule has 132 valence electrons. The smallest absolute Gasteiger partial charge is 0.211 e. The Hall–Kier alpha value is -1.71. The second kappa shape index (κ2) is 6.66. The summed E-state index contributed by atoms with van der Waals surface area (Å²) in [6, 6.07) is 2.12. The van der Waals surface area contributed by atoms with Gasteiger partial charge in [0.1, 0.15) is 0 Å². The summed E-state index contributed by atoms with van der Waals surface area (Å²) < 4.78 is 30.2. The van der Waals surface area contributed by atoms with Crippen LogP contribution in [-0.4, -0.2) is 51.5 Å². The van der Waals surface area contributed by atoms with Gasteiger partial charge in [-0.05, 0) is 19.9 Å². The standard InChI is InChI=1S/C15H24N6O2S/c1-4-24(22,23)17-7-15-10-20(9-14-6-16-11-21(14)15)8-13-5-12(2)18-19(13)3/h5-6,11,15,17H,4,7-10H2,1-3H3/t15-/m0/s1. The minimum atomic E-state index is -3.20. The zero-order valence-electron chi connectivity index (χ0n) is 14.3. The van der Waals surface area contributed by atoms with Crippen molar-refractivity contribution in [1.29, 1.82) is 0 Å². The van der Waals surface area contributed by atoms with Gasteiger partial charge < -0.3 is 4.57 Å². The van der Waals surface area contributed by atoms with E-state index in [9.17, 15) is 8.42 Å². The molecule has 0 fully saturated rings. The molecule has 0 radical (unpaired) electrons. The van der Waals surface area contributed by atoms with Crippen molar-refractivity contribution in [2.24, 2.45) is 7.05 Å². The molecule has 0 saturated heterocycles. The monoisotopic (exact) mass is 352 g/mol. The fraction of sp³-hybridized carbons (Fsp3) is 0.600. The van der Waals surface area contributed by atoms with Crippen molar-refractivity contribution < 1.29 is 8.42 Å². The summed E-state index contributed by atoms with van der Waals surface area (Å²) in [4.78, 5) is 6.53. The van der Waals surface area contributed by atoms with Gasteiger partial charge in [-0.2, -0.15) is 5.10 Å². The number of aromatic nitrogens is 4. The summed E-state index contributed by atoms with van der Waals surface area (Å²) >= 11 is 0. The minimum absolute atomic E-state index is 0.0342. The average Bonchev–Trinajstić information content (AvgIpc) is 3.11. The summed E-state index contributed by atoms with van der Waals surface area (Å²) in [7, 11) is -1.25. The molecule has 3 heterocycles. The normalized spacial score (nSPS) is 18.7. The van der Waals surface area contributed by atoms with Gasteiger partial charge in [-0.15, -0.1) is 0 Å². The highest BCUT2D eigenvalue weighted by atomic mass is 32.2. The van der Waals surface area contributed by atoms with Crippen LogP contribution in [0.15, 0.2) is 18.6 Å². The number of hydrogen-bond donors (Lipinski definition) is 1. The largest absolute Gasteiger partial charge is 0.328 e. The maximum atomic E-state index is 11.8. The van der Waals surface area contributed by atoms with E-state index in [2.05, 4.69) is 30.3 Å². The highest BCUT2D eigenvalue weighted by Gasteiger charge is 2.26. The second-order valence-electron chi connectivity index (χ2n) is 6.27. The van der Waals surface area contributed by atoms with Crippen LogP contribution in [-0.2, 0) is 30.2 Å². The molecule has 0 saturated carbocycles. The van der Waals surface area contributed by atoms with Crippen molar-refractivity contribution in [1.82, 2.24) is 29.0 Å². The maximum absolute atomic E-state index is 11.8. The molecular weight excluding hydrogens is 328 g/mol. The summed E-state index contributed by atoms with van der Waals surface area (Å²) in [5.41, 5.74) is 3.25. The molecule has 8 nitrogen and oxygen atoms in total. The Morgan fingerprint density at radius 2 is 2.21 bits per heavy atom. The zero-order chi connectivity index (χ0) is 17.3. The summed E-state index contributed by atoms with van der Waals surface area (Å²) in [6.45, 7) is 6.33. The Morgan fingerprint density at radius 3 is 2.88 bits per heavy atom. The molecular formula is C15H24N6O2S. The first-order valence-electron chi connectivity index (χ1n) is 8.08. The Balaban J connectivity index is 1.74. The molecule has 1 atom stereocenters. The number of imidazole rings is 1. The minimum Gasteiger partial charge on any atom is -0.328 e. The molecule has 1 aliphatic heterocycles. The van der Waals surface area contributed by atoms with Crippen molar-refractivity contribution in [2.45, 2.75) is 33.0 Å². The molecule has 24 heavy (non-hydrogen) atoms. The molecule has 0 aromatic carbocycles. The van der Waals surface area contributed by atoms with Crippen LogP contribution < -0.4 is 4.72 Å². The van der Waals surface area contributed by atoms with Gasteiger partial charge in [-0.25, -0.2) is 18.1 Å². The van der Waals surface area contributed by atoms with E-state index in [1.165, 1.54) is 0 Å². The number of hydrogen-bond acceptors (Lipinski definition) is 5. The number of fused-ring (bicyclic) bond motifs is 1. The molecule has 0 bridgehead atoms. The Labute approximate surface area is 142 Å². The van der Waals surface area contributed by atoms with Crippen molar-refractivity contribution in [3.63, 3.8) is 0 Å². The van der Waals surface area contributed by atoms with E-state index in [4.69, 9.17) is 0 Å². The first-order valence-corrected chi connectivity index (χ1v) is 9.73. The number of aryl methyl sites for hydroxylation is 2. The number of sulfonamides is 1. The molecule has 1 N–H and O–H groups in total. The Kier molecular flexibility index (Phi) is 4.75. The Morgan fingerprint density at radius 1 is 1.42 bits per heavy atom. The second-order valence-corrected chi connectivity index (χ2v) is 8.36. The van der Waals surface area contributed by atoms with E-state index in [1.54, 1.807) is 13.3 Å². The topological polar surface area (TPSA) is 85.1 Å². The molecule has 1 aliphatic rings. The van der Waals surface area contributed by atoms with E-state index in [0.29, 0.717) is 6.54 Å². The molecule has 0 unspecified atom stereocenters. The number of nitrogens with zero attached hydrogens (tertiary/aromatic N) is 5. The lowest BCUT2D eigenvalue weighted by molar-refractivity contribution is 0.174. The first-order chi connectivity index (χ1) is 11.4. The number of nitrogens with one attached hydrogen (secondary N) is 1. The van der Waals surface area contributed by atoms with Crippen LogP contribution >= 0.6 is 0 Å². The van der Waals surface area contributed by atoms with Gasteiger partial charge in [0, 0.05) is 39.4 Å². The van der Waals surface area contributed by atoms with E-state index in [0.717, 1.165) is 36.7 Å². The van der Waals surface area contributed by atoms with Gasteiger partial charge in [0.05, 0.1) is 35.2 Å². The third-order valence-corrected chi connectivity index (χ3v) is 5.76. The van der Waals surface area contributed by atoms with E-state index >= 15 is 0 Å². The maximum Gasteiger partial charge on any atom is 0.211 e. The van der Waals surface area contributed by atoms with Crippen molar-refractivity contribution in [3.8, 4) is 0 Å². The fourth-order valence-corrected chi connectivity index (χ4v) is 3.76. The highest BCUT2D eigenvalue weighted by Crippen LogP contribution is 2.22. The number of rotatable bonds is 6. The van der Waals surface area contributed by atoms with E-state index < -0.39 is 10.0 Å². The van der Waals surface area contributed by atoms with E-state index in [-0.39, 0.29) is 11.8 Å². The van der Waals surface area contributed by atoms with Crippen LogP contribution in [0.2, 0.25) is 0 Å². The quantitative estimate of drug-likeness (QED) is 0.814. The predicted octanol–water partition coefficient (Wildman–Crippen LogP) is 0.421. The van der Waals surface area contributed by atoms with Gasteiger partial charge >= 0.3 is 0 Å². The summed E-state index contributed by atoms with van der Waals surface area (Å²) in [5.74, 6) is 0.0918. The van der Waals surface area contributed by atoms with Crippen molar-refractivity contribution in [2.75, 3.05) is 18.8 Å². The molecule has 9 heteroatoms. The van der Waals surface area contributed by atoms with Gasteiger partial charge in [-0.1, -0.05) is 0 Å². The average molecular weight is 352 g/mol. The lowest BCUT2D eigenvalue weighted by atomic mass is 10.1. The molecule has 0 aliphatic carbocycles. The third-order valence-electron chi connectivity index (χ3n) is 4.40. The van der Waals surface area contributed by atoms with Gasteiger partial charge in [0.25, 0.3) is 0 Å². The van der Waals surface area contributed by atoms with Crippen molar-refractivity contribution in [3.05, 3.63) is 35.7 Å². The molecule has 3 rings (SSSR count). The van der Waals surface area contributed by atoms with Gasteiger partial charge in [0.15, 0.2) is 0 Å². The lowest BCUT2D eigenvalue weighted by Crippen LogP contribution is -2.42. The van der Waals surface area contributed by atoms with Crippen LogP contribution in [0, 0.1) is 6.92 Å². The lowest BCUT2D eigenvalue weighted by Gasteiger charge is -2.34. The van der Waals surface area contributed by atoms with Crippen LogP contribution in [0.1, 0.15) is 30.0 Å². The summed E-state index contributed by atoms with van der Waals surface area (Å²) in [5, 5.41) is 4.39. The SMILES string of the molecule is CCS(=O)(=O)NC[C@H]1CN(Cc2cc(C)nn2C)Cc2cncn21. The Bertz CT molecular complexity index is 810. The van der Waals surface area contributed by atoms with Crippen LogP contribution in [0.5, 0.6) is 0 Å². The third kappa shape index (κ3) is 3.68. The highest BCUT2D eigenvalue weighted by molar-refractivity contribution is 7.89. The van der Waals surface area contributed by atoms with Crippen molar-refractivity contribution >= 4 is 10.0 Å². The molecule has 2 aromatic heterocycles. The molecule has 0 amide bonds. The van der Waals surface area contributed by atoms with Crippen LogP contribution in [0.4, 0.5) is 0 Å². The summed E-state index contributed by atoms with van der Waals surface area (Å²) in [6.07, 6.45) is 3.63. The van der Waals surface area contributed by atoms with Gasteiger partial charge in [-0.3, -0.25) is 9.58 Å². The van der Waals surface area contributed by atoms with Gasteiger partial charge in [0.2, 0.25) is 10.0 Å². The first kappa shape index (κ1) is 17.1. The van der Waals surface area contributed by atoms with Crippen LogP contribution in [0.25, 0.3) is 0 Å². The molecule has 0 spiro atoms. The van der Waals surface area contributed by atoms with E-state index in [1.807, 2.05) is 24.9 Å². The van der Waals surface area contributed by atoms with Crippen LogP contribution in [0.3, 0.4) is 0 Å². The fourth-order valence-electron chi connectivity index (χ4n) is 3.11. The molecule has 2 aromatic rings. The predicted molar refractivity (Wildman–Crippen MR) is 90.8 cm³/mol.